The molecule has 1 atom stereocenters. The first-order valence-electron chi connectivity index (χ1n) is 5.99. The highest BCUT2D eigenvalue weighted by atomic mass is 32.1. The van der Waals surface area contributed by atoms with Crippen LogP contribution in [0.2, 0.25) is 0 Å². The maximum Gasteiger partial charge on any atom is 0.320 e. The van der Waals surface area contributed by atoms with E-state index in [-0.39, 0.29) is 6.04 Å². The van der Waals surface area contributed by atoms with Crippen LogP contribution in [0.5, 0.6) is 0 Å². The predicted molar refractivity (Wildman–Crippen MR) is 67.3 cm³/mol. The summed E-state index contributed by atoms with van der Waals surface area (Å²) in [6, 6.07) is -0.320. The van der Waals surface area contributed by atoms with E-state index >= 15 is 0 Å². The summed E-state index contributed by atoms with van der Waals surface area (Å²) in [6.45, 7) is 5.78. The van der Waals surface area contributed by atoms with Crippen molar-refractivity contribution in [1.29, 1.82) is 0 Å². The molecule has 0 spiro atoms. The Labute approximate surface area is 105 Å². The molecule has 1 aromatic heterocycles. The first kappa shape index (κ1) is 12.5. The van der Waals surface area contributed by atoms with Crippen molar-refractivity contribution in [1.82, 2.24) is 9.88 Å². The summed E-state index contributed by atoms with van der Waals surface area (Å²) >= 11 is 1.67. The third-order valence-electron chi connectivity index (χ3n) is 3.08. The molecule has 1 N–H and O–H groups in total. The lowest BCUT2D eigenvalue weighted by Crippen LogP contribution is -2.35. The molecule has 0 aliphatic carbocycles. The summed E-state index contributed by atoms with van der Waals surface area (Å²) in [5, 5.41) is 12.3. The van der Waals surface area contributed by atoms with Crippen LogP contribution in [0.4, 0.5) is 0 Å². The minimum Gasteiger partial charge on any atom is -0.480 e. The fourth-order valence-corrected chi connectivity index (χ4v) is 2.99. The molecule has 0 aromatic carbocycles. The summed E-state index contributed by atoms with van der Waals surface area (Å²) in [4.78, 5) is 17.6. The molecular weight excluding hydrogens is 236 g/mol. The number of thiazole rings is 1. The van der Waals surface area contributed by atoms with Gasteiger partial charge in [0.05, 0.1) is 10.7 Å². The quantitative estimate of drug-likeness (QED) is 0.896. The normalized spacial score (nSPS) is 21.2. The van der Waals surface area contributed by atoms with E-state index in [4.69, 9.17) is 5.11 Å². The van der Waals surface area contributed by atoms with Gasteiger partial charge in [0, 0.05) is 17.8 Å². The molecule has 1 aromatic rings. The smallest absolute Gasteiger partial charge is 0.320 e. The van der Waals surface area contributed by atoms with E-state index < -0.39 is 5.97 Å². The summed E-state index contributed by atoms with van der Waals surface area (Å²) in [5.74, 6) is -0.260. The second-order valence-corrected chi connectivity index (χ2v) is 5.69. The highest BCUT2D eigenvalue weighted by Crippen LogP contribution is 2.23. The lowest BCUT2D eigenvalue weighted by Gasteiger charge is -2.19. The topological polar surface area (TPSA) is 53.4 Å². The van der Waals surface area contributed by atoms with E-state index in [1.807, 2.05) is 10.3 Å². The number of nitrogens with zero attached hydrogens (tertiary/aromatic N) is 2. The van der Waals surface area contributed by atoms with Crippen molar-refractivity contribution in [2.75, 3.05) is 6.54 Å². The average Bonchev–Trinajstić information content (AvgIpc) is 2.86. The van der Waals surface area contributed by atoms with Crippen molar-refractivity contribution >= 4 is 17.3 Å². The van der Waals surface area contributed by atoms with Crippen LogP contribution in [0.15, 0.2) is 5.38 Å². The van der Waals surface area contributed by atoms with Crippen LogP contribution in [-0.4, -0.2) is 33.5 Å². The number of aliphatic carboxylic acids is 1. The number of carboxylic acids is 1. The standard InChI is InChI=1S/C12H18N2O2S/c1-8(2)11-13-9(7-17-11)6-14-5-3-4-10(14)12(15)16/h7-8,10H,3-6H2,1-2H3,(H,15,16)/t10-/m0/s1. The van der Waals surface area contributed by atoms with E-state index in [1.165, 1.54) is 0 Å². The zero-order valence-electron chi connectivity index (χ0n) is 10.2. The second-order valence-electron chi connectivity index (χ2n) is 4.80. The number of carboxylic acid groups (broad SMARTS) is 1. The van der Waals surface area contributed by atoms with Gasteiger partial charge in [0.25, 0.3) is 0 Å². The number of hydrogen-bond donors (Lipinski definition) is 1. The van der Waals surface area contributed by atoms with Crippen LogP contribution in [0.3, 0.4) is 0 Å². The van der Waals surface area contributed by atoms with Gasteiger partial charge in [-0.15, -0.1) is 11.3 Å². The molecule has 0 amide bonds. The van der Waals surface area contributed by atoms with Crippen molar-refractivity contribution < 1.29 is 9.90 Å². The Morgan fingerprint density at radius 2 is 2.47 bits per heavy atom. The minimum absolute atomic E-state index is 0.320. The Balaban J connectivity index is 2.02. The minimum atomic E-state index is -0.707. The molecule has 1 fully saturated rings. The van der Waals surface area contributed by atoms with E-state index in [0.29, 0.717) is 12.5 Å². The van der Waals surface area contributed by atoms with Gasteiger partial charge in [-0.1, -0.05) is 13.8 Å². The molecule has 17 heavy (non-hydrogen) atoms. The first-order valence-corrected chi connectivity index (χ1v) is 6.87. The Morgan fingerprint density at radius 3 is 3.06 bits per heavy atom. The van der Waals surface area contributed by atoms with Crippen LogP contribution in [0.1, 0.15) is 43.3 Å². The maximum atomic E-state index is 11.1. The lowest BCUT2D eigenvalue weighted by atomic mass is 10.2. The van der Waals surface area contributed by atoms with E-state index in [0.717, 1.165) is 30.1 Å². The van der Waals surface area contributed by atoms with Crippen molar-refractivity contribution in [2.45, 2.75) is 45.2 Å². The van der Waals surface area contributed by atoms with Crippen LogP contribution in [0.25, 0.3) is 0 Å². The molecule has 2 rings (SSSR count). The van der Waals surface area contributed by atoms with Crippen molar-refractivity contribution in [3.05, 3.63) is 16.1 Å². The molecule has 0 saturated carbocycles. The number of hydrogen-bond acceptors (Lipinski definition) is 4. The first-order chi connectivity index (χ1) is 8.08. The van der Waals surface area contributed by atoms with Crippen LogP contribution in [0, 0.1) is 0 Å². The molecule has 0 unspecified atom stereocenters. The van der Waals surface area contributed by atoms with Gasteiger partial charge in [-0.05, 0) is 19.4 Å². The summed E-state index contributed by atoms with van der Waals surface area (Å²) in [5.41, 5.74) is 1.01. The molecule has 4 nitrogen and oxygen atoms in total. The van der Waals surface area contributed by atoms with Crippen LogP contribution < -0.4 is 0 Å². The van der Waals surface area contributed by atoms with Crippen LogP contribution >= 0.6 is 11.3 Å². The molecule has 1 aliphatic heterocycles. The molecule has 1 aliphatic rings. The second kappa shape index (κ2) is 5.14. The van der Waals surface area contributed by atoms with Gasteiger partial charge in [-0.3, -0.25) is 9.69 Å². The van der Waals surface area contributed by atoms with Gasteiger partial charge in [0.1, 0.15) is 6.04 Å². The number of aromatic nitrogens is 1. The Morgan fingerprint density at radius 1 is 1.71 bits per heavy atom. The van der Waals surface area contributed by atoms with Crippen molar-refractivity contribution in [3.8, 4) is 0 Å². The van der Waals surface area contributed by atoms with Gasteiger partial charge in [0.15, 0.2) is 0 Å². The Bertz CT molecular complexity index is 403. The van der Waals surface area contributed by atoms with Gasteiger partial charge in [0.2, 0.25) is 0 Å². The van der Waals surface area contributed by atoms with Crippen LogP contribution in [-0.2, 0) is 11.3 Å². The van der Waals surface area contributed by atoms with Crippen molar-refractivity contribution in [3.63, 3.8) is 0 Å². The van der Waals surface area contributed by atoms with Gasteiger partial charge in [-0.25, -0.2) is 4.98 Å². The zero-order valence-corrected chi connectivity index (χ0v) is 11.0. The molecular formula is C12H18N2O2S. The third kappa shape index (κ3) is 2.84. The Kier molecular flexibility index (Phi) is 3.79. The highest BCUT2D eigenvalue weighted by molar-refractivity contribution is 7.09. The number of likely N-dealkylation sites (tertiary alicyclic amines) is 1. The maximum absolute atomic E-state index is 11.1. The largest absolute Gasteiger partial charge is 0.480 e. The fourth-order valence-electron chi connectivity index (χ4n) is 2.16. The third-order valence-corrected chi connectivity index (χ3v) is 4.27. The predicted octanol–water partition coefficient (Wildman–Crippen LogP) is 2.32. The highest BCUT2D eigenvalue weighted by Gasteiger charge is 2.30. The molecule has 0 bridgehead atoms. The number of rotatable bonds is 4. The van der Waals surface area contributed by atoms with E-state index in [1.54, 1.807) is 11.3 Å². The summed E-state index contributed by atoms with van der Waals surface area (Å²) < 4.78 is 0. The van der Waals surface area contributed by atoms with Gasteiger partial charge >= 0.3 is 5.97 Å². The van der Waals surface area contributed by atoms with Crippen molar-refractivity contribution in [2.24, 2.45) is 0 Å². The molecule has 2 heterocycles. The van der Waals surface area contributed by atoms with Gasteiger partial charge in [-0.2, -0.15) is 0 Å². The molecule has 1 saturated heterocycles. The molecule has 94 valence electrons. The SMILES string of the molecule is CC(C)c1nc(CN2CCC[C@H]2C(=O)O)cs1. The zero-order chi connectivity index (χ0) is 12.4. The molecule has 0 radical (unpaired) electrons. The van der Waals surface area contributed by atoms with E-state index in [9.17, 15) is 4.79 Å². The fraction of sp³-hybridized carbons (Fsp3) is 0.667. The van der Waals surface area contributed by atoms with E-state index in [2.05, 4.69) is 18.8 Å². The molecule has 5 heteroatoms. The average molecular weight is 254 g/mol. The lowest BCUT2D eigenvalue weighted by molar-refractivity contribution is -0.142. The van der Waals surface area contributed by atoms with Gasteiger partial charge < -0.3 is 5.11 Å². The number of carbonyl (C=O) groups is 1. The summed E-state index contributed by atoms with van der Waals surface area (Å²) in [6.07, 6.45) is 1.73. The Hall–Kier alpha value is -0.940. The monoisotopic (exact) mass is 254 g/mol. The summed E-state index contributed by atoms with van der Waals surface area (Å²) in [7, 11) is 0.